The molecular formula is C17H22N2O2. The largest absolute Gasteiger partial charge is 0.496 e. The second-order valence-corrected chi connectivity index (χ2v) is 4.58. The Kier molecular flexibility index (Phi) is 7.97. The van der Waals surface area contributed by atoms with Gasteiger partial charge in [0.05, 0.1) is 19.8 Å². The Morgan fingerprint density at radius 1 is 1.33 bits per heavy atom. The van der Waals surface area contributed by atoms with Gasteiger partial charge in [0.1, 0.15) is 5.75 Å². The number of ether oxygens (including phenoxy) is 1. The first-order valence-corrected chi connectivity index (χ1v) is 7.11. The van der Waals surface area contributed by atoms with Crippen LogP contribution >= 0.6 is 0 Å². The Bertz CT molecular complexity index is 538. The lowest BCUT2D eigenvalue weighted by Gasteiger charge is -2.20. The highest BCUT2D eigenvalue weighted by Crippen LogP contribution is 2.21. The summed E-state index contributed by atoms with van der Waals surface area (Å²) < 4.78 is 5.40. The molecule has 0 heterocycles. The summed E-state index contributed by atoms with van der Waals surface area (Å²) in [5.41, 5.74) is 1.98. The summed E-state index contributed by atoms with van der Waals surface area (Å²) in [6.07, 6.45) is 0.997. The van der Waals surface area contributed by atoms with Gasteiger partial charge in [0.15, 0.2) is 0 Å². The Hall–Kier alpha value is -2.01. The van der Waals surface area contributed by atoms with E-state index in [2.05, 4.69) is 29.7 Å². The standard InChI is InChI=1S/C17H22N2O2/c1-3-19(11-6-10-18)14-16-13-15(7-4-5-12-20)8-9-17(16)21-2/h8-9,13,20H,3,5-6,11-12,14H2,1-2H3. The molecule has 1 aromatic rings. The van der Waals surface area contributed by atoms with Gasteiger partial charge in [-0.1, -0.05) is 18.8 Å². The highest BCUT2D eigenvalue weighted by atomic mass is 16.5. The van der Waals surface area contributed by atoms with E-state index in [1.807, 2.05) is 18.2 Å². The van der Waals surface area contributed by atoms with Crippen LogP contribution in [0.2, 0.25) is 0 Å². The minimum absolute atomic E-state index is 0.0772. The molecule has 1 aromatic carbocycles. The van der Waals surface area contributed by atoms with E-state index in [0.717, 1.165) is 36.5 Å². The van der Waals surface area contributed by atoms with Crippen molar-refractivity contribution >= 4 is 0 Å². The normalized spacial score (nSPS) is 9.86. The first kappa shape index (κ1) is 17.0. The van der Waals surface area contributed by atoms with Gasteiger partial charge in [-0.3, -0.25) is 4.90 Å². The summed E-state index contributed by atoms with van der Waals surface area (Å²) >= 11 is 0. The molecule has 0 spiro atoms. The molecule has 0 unspecified atom stereocenters. The molecule has 0 bridgehead atoms. The molecule has 4 nitrogen and oxygen atoms in total. The Morgan fingerprint density at radius 2 is 2.14 bits per heavy atom. The number of rotatable bonds is 7. The maximum absolute atomic E-state index is 8.76. The highest BCUT2D eigenvalue weighted by Gasteiger charge is 2.09. The number of hydrogen-bond acceptors (Lipinski definition) is 4. The van der Waals surface area contributed by atoms with E-state index in [-0.39, 0.29) is 6.61 Å². The van der Waals surface area contributed by atoms with Crippen LogP contribution in [0.25, 0.3) is 0 Å². The smallest absolute Gasteiger partial charge is 0.123 e. The van der Waals surface area contributed by atoms with E-state index >= 15 is 0 Å². The maximum atomic E-state index is 8.76. The van der Waals surface area contributed by atoms with Crippen molar-refractivity contribution in [2.75, 3.05) is 26.8 Å². The average Bonchev–Trinajstić information content (AvgIpc) is 2.52. The minimum atomic E-state index is 0.0772. The lowest BCUT2D eigenvalue weighted by molar-refractivity contribution is 0.281. The fourth-order valence-corrected chi connectivity index (χ4v) is 2.00. The molecule has 0 aliphatic rings. The fraction of sp³-hybridized carbons (Fsp3) is 0.471. The number of benzene rings is 1. The first-order valence-electron chi connectivity index (χ1n) is 7.11. The summed E-state index contributed by atoms with van der Waals surface area (Å²) in [4.78, 5) is 2.20. The Balaban J connectivity index is 2.90. The molecule has 1 rings (SSSR count). The van der Waals surface area contributed by atoms with E-state index in [4.69, 9.17) is 15.1 Å². The zero-order valence-electron chi connectivity index (χ0n) is 12.7. The number of hydrogen-bond donors (Lipinski definition) is 1. The van der Waals surface area contributed by atoms with Crippen LogP contribution in [0.15, 0.2) is 18.2 Å². The molecular weight excluding hydrogens is 264 g/mol. The van der Waals surface area contributed by atoms with E-state index in [1.54, 1.807) is 7.11 Å². The number of methoxy groups -OCH3 is 1. The zero-order valence-corrected chi connectivity index (χ0v) is 12.7. The topological polar surface area (TPSA) is 56.5 Å². The molecule has 0 atom stereocenters. The zero-order chi connectivity index (χ0) is 15.5. The molecule has 0 fully saturated rings. The maximum Gasteiger partial charge on any atom is 0.123 e. The SMILES string of the molecule is CCN(CCC#N)Cc1cc(C#CCCO)ccc1OC. The molecule has 0 radical (unpaired) electrons. The van der Waals surface area contributed by atoms with E-state index in [1.165, 1.54) is 0 Å². The Labute approximate surface area is 127 Å². The molecule has 0 amide bonds. The summed E-state index contributed by atoms with van der Waals surface area (Å²) in [6, 6.07) is 8.01. The Morgan fingerprint density at radius 3 is 2.76 bits per heavy atom. The van der Waals surface area contributed by atoms with Crippen molar-refractivity contribution in [3.05, 3.63) is 29.3 Å². The van der Waals surface area contributed by atoms with E-state index in [9.17, 15) is 0 Å². The van der Waals surface area contributed by atoms with Crippen LogP contribution < -0.4 is 4.74 Å². The van der Waals surface area contributed by atoms with Gasteiger partial charge in [0.25, 0.3) is 0 Å². The van der Waals surface area contributed by atoms with Crippen molar-refractivity contribution in [2.45, 2.75) is 26.3 Å². The second kappa shape index (κ2) is 9.83. The van der Waals surface area contributed by atoms with E-state index < -0.39 is 0 Å². The minimum Gasteiger partial charge on any atom is -0.496 e. The quantitative estimate of drug-likeness (QED) is 0.780. The number of nitrogens with zero attached hydrogens (tertiary/aromatic N) is 2. The van der Waals surface area contributed by atoms with Gasteiger partial charge >= 0.3 is 0 Å². The monoisotopic (exact) mass is 286 g/mol. The highest BCUT2D eigenvalue weighted by molar-refractivity contribution is 5.44. The molecule has 112 valence electrons. The van der Waals surface area contributed by atoms with E-state index in [0.29, 0.717) is 12.8 Å². The molecule has 21 heavy (non-hydrogen) atoms. The second-order valence-electron chi connectivity index (χ2n) is 4.58. The first-order chi connectivity index (χ1) is 10.2. The van der Waals surface area contributed by atoms with Gasteiger partial charge in [0, 0.05) is 37.1 Å². The van der Waals surface area contributed by atoms with Crippen LogP contribution in [0.4, 0.5) is 0 Å². The predicted octanol–water partition coefficient (Wildman–Crippen LogP) is 2.16. The van der Waals surface area contributed by atoms with Gasteiger partial charge in [-0.2, -0.15) is 5.26 Å². The summed E-state index contributed by atoms with van der Waals surface area (Å²) in [5, 5.41) is 17.5. The summed E-state index contributed by atoms with van der Waals surface area (Å²) in [5.74, 6) is 6.79. The van der Waals surface area contributed by atoms with Gasteiger partial charge in [0.2, 0.25) is 0 Å². The van der Waals surface area contributed by atoms with Crippen LogP contribution in [-0.2, 0) is 6.54 Å². The van der Waals surface area contributed by atoms with Gasteiger partial charge in [-0.05, 0) is 24.7 Å². The molecule has 0 aliphatic carbocycles. The van der Waals surface area contributed by atoms with Crippen LogP contribution in [0.3, 0.4) is 0 Å². The van der Waals surface area contributed by atoms with Crippen molar-refractivity contribution in [2.24, 2.45) is 0 Å². The van der Waals surface area contributed by atoms with Crippen molar-refractivity contribution in [3.63, 3.8) is 0 Å². The fourth-order valence-electron chi connectivity index (χ4n) is 2.00. The van der Waals surface area contributed by atoms with Gasteiger partial charge in [-0.25, -0.2) is 0 Å². The van der Waals surface area contributed by atoms with Crippen LogP contribution in [-0.4, -0.2) is 36.8 Å². The van der Waals surface area contributed by atoms with Gasteiger partial charge < -0.3 is 9.84 Å². The number of nitriles is 1. The van der Waals surface area contributed by atoms with Crippen molar-refractivity contribution in [3.8, 4) is 23.7 Å². The molecule has 1 N–H and O–H groups in total. The molecule has 4 heteroatoms. The average molecular weight is 286 g/mol. The lowest BCUT2D eigenvalue weighted by Crippen LogP contribution is -2.24. The molecule has 0 saturated heterocycles. The summed E-state index contributed by atoms with van der Waals surface area (Å²) in [7, 11) is 1.65. The van der Waals surface area contributed by atoms with Gasteiger partial charge in [-0.15, -0.1) is 0 Å². The lowest BCUT2D eigenvalue weighted by atomic mass is 10.1. The molecule has 0 aromatic heterocycles. The predicted molar refractivity (Wildman–Crippen MR) is 82.8 cm³/mol. The van der Waals surface area contributed by atoms with Crippen LogP contribution in [0, 0.1) is 23.2 Å². The van der Waals surface area contributed by atoms with Crippen LogP contribution in [0.5, 0.6) is 5.75 Å². The van der Waals surface area contributed by atoms with Crippen molar-refractivity contribution < 1.29 is 9.84 Å². The molecule has 0 saturated carbocycles. The van der Waals surface area contributed by atoms with Crippen LogP contribution in [0.1, 0.15) is 30.9 Å². The number of aliphatic hydroxyl groups excluding tert-OH is 1. The third kappa shape index (κ3) is 5.87. The third-order valence-electron chi connectivity index (χ3n) is 3.13. The van der Waals surface area contributed by atoms with Crippen molar-refractivity contribution in [1.29, 1.82) is 5.26 Å². The summed E-state index contributed by atoms with van der Waals surface area (Å²) in [6.45, 7) is 4.52. The third-order valence-corrected chi connectivity index (χ3v) is 3.13. The number of aliphatic hydroxyl groups is 1. The molecule has 0 aliphatic heterocycles. The van der Waals surface area contributed by atoms with Crippen molar-refractivity contribution in [1.82, 2.24) is 4.90 Å².